The van der Waals surface area contributed by atoms with Crippen molar-refractivity contribution in [2.75, 3.05) is 20.6 Å². The number of benzene rings is 3. The van der Waals surface area contributed by atoms with Crippen LogP contribution in [0.3, 0.4) is 0 Å². The van der Waals surface area contributed by atoms with Crippen LogP contribution >= 0.6 is 0 Å². The number of hydroxylamine groups is 1. The minimum absolute atomic E-state index is 0.294. The molecule has 0 aromatic heterocycles. The van der Waals surface area contributed by atoms with Crippen LogP contribution in [-0.4, -0.2) is 43.2 Å². The van der Waals surface area contributed by atoms with Crippen LogP contribution in [0.5, 0.6) is 0 Å². The molecule has 0 radical (unpaired) electrons. The molecule has 0 spiro atoms. The highest BCUT2D eigenvalue weighted by Gasteiger charge is 2.50. The van der Waals surface area contributed by atoms with Gasteiger partial charge in [0.15, 0.2) is 0 Å². The Morgan fingerprint density at radius 3 is 1.83 bits per heavy atom. The lowest BCUT2D eigenvalue weighted by Gasteiger charge is -2.47. The molecular formula is C31H37N2O2+. The molecule has 2 atom stereocenters. The zero-order valence-electron chi connectivity index (χ0n) is 20.9. The molecule has 2 fully saturated rings. The van der Waals surface area contributed by atoms with Crippen molar-refractivity contribution in [2.24, 2.45) is 5.92 Å². The summed E-state index contributed by atoms with van der Waals surface area (Å²) in [5, 5.41) is 0. The van der Waals surface area contributed by atoms with E-state index in [2.05, 4.69) is 80.2 Å². The molecular weight excluding hydrogens is 432 g/mol. The second-order valence-electron chi connectivity index (χ2n) is 10.9. The Labute approximate surface area is 209 Å². The van der Waals surface area contributed by atoms with Gasteiger partial charge in [-0.05, 0) is 35.6 Å². The fourth-order valence-electron chi connectivity index (χ4n) is 6.70. The summed E-state index contributed by atoms with van der Waals surface area (Å²) in [6, 6.07) is 32.2. The first-order chi connectivity index (χ1) is 17.0. The Kier molecular flexibility index (Phi) is 6.77. The van der Waals surface area contributed by atoms with Gasteiger partial charge in [-0.2, -0.15) is 5.48 Å². The van der Waals surface area contributed by atoms with Gasteiger partial charge >= 0.3 is 5.97 Å². The fraction of sp³-hybridized carbons (Fsp3) is 0.387. The third-order valence-electron chi connectivity index (χ3n) is 8.76. The molecule has 2 bridgehead atoms. The van der Waals surface area contributed by atoms with E-state index in [1.165, 1.54) is 41.3 Å². The van der Waals surface area contributed by atoms with E-state index >= 15 is 0 Å². The molecule has 0 aliphatic carbocycles. The first-order valence-corrected chi connectivity index (χ1v) is 12.9. The van der Waals surface area contributed by atoms with E-state index in [0.717, 1.165) is 18.5 Å². The van der Waals surface area contributed by atoms with Crippen molar-refractivity contribution >= 4 is 5.97 Å². The minimum Gasteiger partial charge on any atom is -0.367 e. The van der Waals surface area contributed by atoms with Crippen LogP contribution in [0, 0.1) is 5.92 Å². The number of quaternary nitrogens is 1. The Morgan fingerprint density at radius 2 is 1.31 bits per heavy atom. The molecule has 2 aliphatic rings. The first-order valence-electron chi connectivity index (χ1n) is 12.9. The average molecular weight is 470 g/mol. The monoisotopic (exact) mass is 469 g/mol. The Balaban J connectivity index is 1.45. The van der Waals surface area contributed by atoms with Crippen LogP contribution < -0.4 is 5.48 Å². The number of carbonyl (C=O) groups is 1. The Bertz CT molecular complexity index is 1060. The summed E-state index contributed by atoms with van der Waals surface area (Å²) in [6.45, 7) is 0.531. The third kappa shape index (κ3) is 4.78. The second kappa shape index (κ2) is 9.96. The quantitative estimate of drug-likeness (QED) is 0.338. The SMILES string of the molecule is C[N+]1(C)C2CCC1CC(CC(CNOC(=O)c1ccccc1)(c1ccccc1)c1ccccc1)C2. The maximum absolute atomic E-state index is 12.7. The number of carbonyl (C=O) groups excluding carboxylic acids is 1. The van der Waals surface area contributed by atoms with E-state index in [-0.39, 0.29) is 11.4 Å². The summed E-state index contributed by atoms with van der Waals surface area (Å²) in [5.41, 5.74) is 5.90. The van der Waals surface area contributed by atoms with Gasteiger partial charge in [-0.25, -0.2) is 4.79 Å². The van der Waals surface area contributed by atoms with Crippen molar-refractivity contribution in [3.8, 4) is 0 Å². The van der Waals surface area contributed by atoms with E-state index in [9.17, 15) is 4.79 Å². The minimum atomic E-state index is -0.351. The summed E-state index contributed by atoms with van der Waals surface area (Å²) in [7, 11) is 4.84. The molecule has 0 amide bonds. The fourth-order valence-corrected chi connectivity index (χ4v) is 6.70. The largest absolute Gasteiger partial charge is 0.367 e. The van der Waals surface area contributed by atoms with Crippen LogP contribution in [0.15, 0.2) is 91.0 Å². The lowest BCUT2D eigenvalue weighted by molar-refractivity contribution is -0.931. The molecule has 2 heterocycles. The highest BCUT2D eigenvalue weighted by Crippen LogP contribution is 2.47. The van der Waals surface area contributed by atoms with Crippen LogP contribution in [-0.2, 0) is 10.3 Å². The van der Waals surface area contributed by atoms with Gasteiger partial charge < -0.3 is 9.32 Å². The van der Waals surface area contributed by atoms with E-state index in [1.807, 2.05) is 18.2 Å². The maximum atomic E-state index is 12.7. The van der Waals surface area contributed by atoms with Crippen molar-refractivity contribution in [2.45, 2.75) is 49.6 Å². The summed E-state index contributed by atoms with van der Waals surface area (Å²) >= 11 is 0. The molecule has 3 aromatic rings. The van der Waals surface area contributed by atoms with Gasteiger partial charge in [-0.3, -0.25) is 0 Å². The average Bonchev–Trinajstić information content (AvgIpc) is 3.04. The summed E-state index contributed by atoms with van der Waals surface area (Å²) < 4.78 is 1.17. The smallest absolute Gasteiger partial charge is 0.356 e. The zero-order valence-corrected chi connectivity index (χ0v) is 20.9. The standard InChI is InChI=1S/C31H37N2O2/c1-33(2)28-18-19-29(33)21-24(20-28)22-31(26-14-8-4-9-15-26,27-16-10-5-11-17-27)23-32-35-30(34)25-12-6-3-7-13-25/h3-17,24,28-29,32H,18-23H2,1-2H3/q+1. The molecule has 0 saturated carbocycles. The molecule has 3 aromatic carbocycles. The molecule has 1 N–H and O–H groups in total. The maximum Gasteiger partial charge on any atom is 0.356 e. The molecule has 2 aliphatic heterocycles. The Hall–Kier alpha value is -2.95. The third-order valence-corrected chi connectivity index (χ3v) is 8.76. The summed E-state index contributed by atoms with van der Waals surface area (Å²) in [6.07, 6.45) is 6.23. The topological polar surface area (TPSA) is 38.3 Å². The van der Waals surface area contributed by atoms with Gasteiger partial charge in [0.2, 0.25) is 0 Å². The first kappa shape index (κ1) is 23.8. The lowest BCUT2D eigenvalue weighted by atomic mass is 9.66. The number of nitrogens with zero attached hydrogens (tertiary/aromatic N) is 1. The number of fused-ring (bicyclic) bond motifs is 2. The molecule has 182 valence electrons. The van der Waals surface area contributed by atoms with Crippen LogP contribution in [0.1, 0.15) is 53.6 Å². The van der Waals surface area contributed by atoms with Gasteiger partial charge in [-0.1, -0.05) is 78.9 Å². The molecule has 2 saturated heterocycles. The molecule has 35 heavy (non-hydrogen) atoms. The summed E-state index contributed by atoms with van der Waals surface area (Å²) in [4.78, 5) is 18.3. The predicted octanol–water partition coefficient (Wildman–Crippen LogP) is 5.74. The number of rotatable bonds is 8. The summed E-state index contributed by atoms with van der Waals surface area (Å²) in [5.74, 6) is 0.279. The zero-order chi connectivity index (χ0) is 24.3. The number of piperidine rings is 1. The van der Waals surface area contributed by atoms with E-state index in [4.69, 9.17) is 4.84 Å². The van der Waals surface area contributed by atoms with Gasteiger partial charge in [0.05, 0.1) is 31.7 Å². The number of nitrogens with one attached hydrogen (secondary N) is 1. The second-order valence-corrected chi connectivity index (χ2v) is 10.9. The molecule has 4 nitrogen and oxygen atoms in total. The normalized spacial score (nSPS) is 23.1. The van der Waals surface area contributed by atoms with Crippen molar-refractivity contribution in [1.82, 2.24) is 5.48 Å². The van der Waals surface area contributed by atoms with Crippen LogP contribution in [0.25, 0.3) is 0 Å². The molecule has 2 unspecified atom stereocenters. The highest BCUT2D eigenvalue weighted by molar-refractivity contribution is 5.89. The lowest BCUT2D eigenvalue weighted by Crippen LogP contribution is -2.55. The van der Waals surface area contributed by atoms with Crippen molar-refractivity contribution in [1.29, 1.82) is 0 Å². The predicted molar refractivity (Wildman–Crippen MR) is 140 cm³/mol. The van der Waals surface area contributed by atoms with E-state index < -0.39 is 0 Å². The number of hydrogen-bond acceptors (Lipinski definition) is 3. The highest BCUT2D eigenvalue weighted by atomic mass is 16.7. The number of hydrogen-bond donors (Lipinski definition) is 1. The molecule has 5 rings (SSSR count). The van der Waals surface area contributed by atoms with Crippen LogP contribution in [0.2, 0.25) is 0 Å². The molecule has 4 heteroatoms. The van der Waals surface area contributed by atoms with E-state index in [0.29, 0.717) is 18.0 Å². The van der Waals surface area contributed by atoms with Crippen molar-refractivity contribution in [3.05, 3.63) is 108 Å². The van der Waals surface area contributed by atoms with Gasteiger partial charge in [0.25, 0.3) is 0 Å². The Morgan fingerprint density at radius 1 is 0.829 bits per heavy atom. The van der Waals surface area contributed by atoms with Gasteiger partial charge in [0.1, 0.15) is 0 Å². The van der Waals surface area contributed by atoms with Gasteiger partial charge in [-0.15, -0.1) is 0 Å². The van der Waals surface area contributed by atoms with Crippen molar-refractivity contribution in [3.63, 3.8) is 0 Å². The van der Waals surface area contributed by atoms with E-state index in [1.54, 1.807) is 12.1 Å². The van der Waals surface area contributed by atoms with Crippen LogP contribution in [0.4, 0.5) is 0 Å². The van der Waals surface area contributed by atoms with Crippen molar-refractivity contribution < 1.29 is 14.1 Å². The van der Waals surface area contributed by atoms with Gasteiger partial charge in [0, 0.05) is 37.6 Å².